The Morgan fingerprint density at radius 2 is 1.83 bits per heavy atom. The van der Waals surface area contributed by atoms with Crippen LogP contribution in [-0.2, 0) is 0 Å². The monoisotopic (exact) mass is 272 g/mol. The third-order valence-corrected chi connectivity index (χ3v) is 3.02. The third kappa shape index (κ3) is 3.38. The lowest BCUT2D eigenvalue weighted by Gasteiger charge is -2.24. The van der Waals surface area contributed by atoms with Crippen LogP contribution in [-0.4, -0.2) is 18.1 Å². The van der Waals surface area contributed by atoms with Gasteiger partial charge in [-0.25, -0.2) is 8.78 Å². The molecule has 2 nitrogen and oxygen atoms in total. The molecule has 5 heteroatoms. The molecule has 0 atom stereocenters. The minimum atomic E-state index is -0.615. The minimum Gasteiger partial charge on any atom is -0.389 e. The smallest absolute Gasteiger partial charge is 0.150 e. The molecule has 0 unspecified atom stereocenters. The molecule has 0 saturated carbocycles. The standard InChI is InChI=1S/C13H18F2N2S/c1-3-5-6-17(4-2)12-10(14)7-9(13(16)18)8-11(12)15/h7-8H,3-6H2,1-2H3,(H2,16,18). The van der Waals surface area contributed by atoms with Crippen molar-refractivity contribution in [2.45, 2.75) is 26.7 Å². The highest BCUT2D eigenvalue weighted by atomic mass is 32.1. The fourth-order valence-corrected chi connectivity index (χ4v) is 1.90. The molecule has 0 fully saturated rings. The third-order valence-electron chi connectivity index (χ3n) is 2.78. The summed E-state index contributed by atoms with van der Waals surface area (Å²) in [5.41, 5.74) is 5.60. The Morgan fingerprint density at radius 1 is 1.28 bits per heavy atom. The molecular weight excluding hydrogens is 254 g/mol. The summed E-state index contributed by atoms with van der Waals surface area (Å²) >= 11 is 4.72. The van der Waals surface area contributed by atoms with E-state index in [1.165, 1.54) is 12.1 Å². The van der Waals surface area contributed by atoms with Crippen molar-refractivity contribution < 1.29 is 8.78 Å². The average molecular weight is 272 g/mol. The Hall–Kier alpha value is -1.23. The average Bonchev–Trinajstić information content (AvgIpc) is 2.32. The molecule has 0 spiro atoms. The van der Waals surface area contributed by atoms with Crippen molar-refractivity contribution in [3.8, 4) is 0 Å². The van der Waals surface area contributed by atoms with E-state index >= 15 is 0 Å². The van der Waals surface area contributed by atoms with Gasteiger partial charge in [-0.3, -0.25) is 0 Å². The number of unbranched alkanes of at least 4 members (excludes halogenated alkanes) is 1. The van der Waals surface area contributed by atoms with Crippen LogP contribution in [0.1, 0.15) is 32.3 Å². The summed E-state index contributed by atoms with van der Waals surface area (Å²) in [6, 6.07) is 2.38. The molecule has 18 heavy (non-hydrogen) atoms. The van der Waals surface area contributed by atoms with Gasteiger partial charge in [0.2, 0.25) is 0 Å². The molecule has 0 radical (unpaired) electrons. The predicted molar refractivity (Wildman–Crippen MR) is 75.0 cm³/mol. The zero-order valence-corrected chi connectivity index (χ0v) is 11.5. The van der Waals surface area contributed by atoms with E-state index in [4.69, 9.17) is 18.0 Å². The van der Waals surface area contributed by atoms with Gasteiger partial charge in [0, 0.05) is 18.7 Å². The van der Waals surface area contributed by atoms with E-state index in [1.54, 1.807) is 4.90 Å². The first-order valence-corrected chi connectivity index (χ1v) is 6.45. The van der Waals surface area contributed by atoms with E-state index in [0.717, 1.165) is 12.8 Å². The van der Waals surface area contributed by atoms with Crippen LogP contribution in [0.15, 0.2) is 12.1 Å². The van der Waals surface area contributed by atoms with Crippen molar-refractivity contribution in [3.05, 3.63) is 29.3 Å². The number of hydrogen-bond donors (Lipinski definition) is 1. The largest absolute Gasteiger partial charge is 0.389 e. The zero-order valence-electron chi connectivity index (χ0n) is 10.7. The van der Waals surface area contributed by atoms with Crippen molar-refractivity contribution in [1.29, 1.82) is 0 Å². The van der Waals surface area contributed by atoms with Gasteiger partial charge in [-0.05, 0) is 25.5 Å². The van der Waals surface area contributed by atoms with E-state index in [2.05, 4.69) is 0 Å². The Kier molecular flexibility index (Phi) is 5.47. The number of anilines is 1. The molecule has 1 aromatic carbocycles. The van der Waals surface area contributed by atoms with Crippen molar-refractivity contribution in [1.82, 2.24) is 0 Å². The Labute approximate surface area is 112 Å². The summed E-state index contributed by atoms with van der Waals surface area (Å²) in [5.74, 6) is -1.23. The molecule has 100 valence electrons. The van der Waals surface area contributed by atoms with Crippen LogP contribution < -0.4 is 10.6 Å². The molecule has 1 aromatic rings. The van der Waals surface area contributed by atoms with Crippen molar-refractivity contribution >= 4 is 22.9 Å². The second-order valence-corrected chi connectivity index (χ2v) is 4.53. The maximum Gasteiger partial charge on any atom is 0.150 e. The summed E-state index contributed by atoms with van der Waals surface area (Å²) in [5, 5.41) is 0. The van der Waals surface area contributed by atoms with Crippen molar-refractivity contribution in [2.24, 2.45) is 5.73 Å². The lowest BCUT2D eigenvalue weighted by molar-refractivity contribution is 0.568. The van der Waals surface area contributed by atoms with Gasteiger partial charge in [-0.1, -0.05) is 25.6 Å². The summed E-state index contributed by atoms with van der Waals surface area (Å²) in [6.07, 6.45) is 1.87. The fourth-order valence-electron chi connectivity index (χ4n) is 1.79. The first-order chi connectivity index (χ1) is 8.51. The van der Waals surface area contributed by atoms with Crippen LogP contribution >= 0.6 is 12.2 Å². The maximum atomic E-state index is 13.9. The van der Waals surface area contributed by atoms with Crippen molar-refractivity contribution in [2.75, 3.05) is 18.0 Å². The number of benzene rings is 1. The first kappa shape index (κ1) is 14.8. The topological polar surface area (TPSA) is 29.3 Å². The second-order valence-electron chi connectivity index (χ2n) is 4.09. The molecule has 2 N–H and O–H groups in total. The molecule has 0 aliphatic rings. The van der Waals surface area contributed by atoms with Gasteiger partial charge in [0.1, 0.15) is 22.3 Å². The number of nitrogens with two attached hydrogens (primary N) is 1. The lowest BCUT2D eigenvalue weighted by Crippen LogP contribution is -2.26. The normalized spacial score (nSPS) is 10.4. The van der Waals surface area contributed by atoms with Crippen LogP contribution in [0.4, 0.5) is 14.5 Å². The van der Waals surface area contributed by atoms with Gasteiger partial charge in [0.25, 0.3) is 0 Å². The molecule has 0 amide bonds. The Morgan fingerprint density at radius 3 is 2.22 bits per heavy atom. The first-order valence-electron chi connectivity index (χ1n) is 6.05. The van der Waals surface area contributed by atoms with Gasteiger partial charge in [0.15, 0.2) is 0 Å². The molecule has 1 rings (SSSR count). The number of halogens is 2. The Bertz CT molecular complexity index is 412. The summed E-state index contributed by atoms with van der Waals surface area (Å²) in [7, 11) is 0. The number of nitrogens with zero attached hydrogens (tertiary/aromatic N) is 1. The van der Waals surface area contributed by atoms with Crippen LogP contribution in [0.25, 0.3) is 0 Å². The minimum absolute atomic E-state index is 0.00374. The van der Waals surface area contributed by atoms with Gasteiger partial charge < -0.3 is 10.6 Å². The highest BCUT2D eigenvalue weighted by molar-refractivity contribution is 7.80. The number of hydrogen-bond acceptors (Lipinski definition) is 2. The molecule has 0 saturated heterocycles. The van der Waals surface area contributed by atoms with Crippen LogP contribution in [0, 0.1) is 11.6 Å². The maximum absolute atomic E-state index is 13.9. The Balaban J connectivity index is 3.11. The molecule has 0 heterocycles. The van der Waals surface area contributed by atoms with Gasteiger partial charge in [-0.2, -0.15) is 0 Å². The summed E-state index contributed by atoms with van der Waals surface area (Å²) < 4.78 is 27.9. The predicted octanol–water partition coefficient (Wildman–Crippen LogP) is 3.23. The molecular formula is C13H18F2N2S. The molecule has 0 bridgehead atoms. The zero-order chi connectivity index (χ0) is 13.7. The molecule has 0 aliphatic carbocycles. The second kappa shape index (κ2) is 6.64. The molecule has 0 aliphatic heterocycles. The van der Waals surface area contributed by atoms with E-state index in [1.807, 2.05) is 13.8 Å². The van der Waals surface area contributed by atoms with Crippen molar-refractivity contribution in [3.63, 3.8) is 0 Å². The van der Waals surface area contributed by atoms with Crippen LogP contribution in [0.5, 0.6) is 0 Å². The lowest BCUT2D eigenvalue weighted by atomic mass is 10.1. The van der Waals surface area contributed by atoms with E-state index in [-0.39, 0.29) is 16.2 Å². The van der Waals surface area contributed by atoms with Gasteiger partial charge >= 0.3 is 0 Å². The van der Waals surface area contributed by atoms with Crippen LogP contribution in [0.2, 0.25) is 0 Å². The highest BCUT2D eigenvalue weighted by Gasteiger charge is 2.17. The number of rotatable bonds is 6. The van der Waals surface area contributed by atoms with E-state index < -0.39 is 11.6 Å². The fraction of sp³-hybridized carbons (Fsp3) is 0.462. The SMILES string of the molecule is CCCCN(CC)c1c(F)cc(C(N)=S)cc1F. The van der Waals surface area contributed by atoms with Gasteiger partial charge in [0.05, 0.1) is 0 Å². The van der Waals surface area contributed by atoms with E-state index in [9.17, 15) is 8.78 Å². The quantitative estimate of drug-likeness (QED) is 0.806. The van der Waals surface area contributed by atoms with Crippen LogP contribution in [0.3, 0.4) is 0 Å². The highest BCUT2D eigenvalue weighted by Crippen LogP contribution is 2.25. The summed E-state index contributed by atoms with van der Waals surface area (Å²) in [6.45, 7) is 5.10. The van der Waals surface area contributed by atoms with E-state index in [0.29, 0.717) is 13.1 Å². The molecule has 0 aromatic heterocycles. The number of thiocarbonyl (C=S) groups is 1. The van der Waals surface area contributed by atoms with Gasteiger partial charge in [-0.15, -0.1) is 0 Å². The summed E-state index contributed by atoms with van der Waals surface area (Å²) in [4.78, 5) is 1.69.